The number of phenolic OH excluding ortho intramolecular Hbond substituents is 1. The standard InChI is InChI=1S/C11H15NO3/c12-5-6-15-8-11(14)7-9-1-3-10(13)4-2-9/h1-4,13H,5-8,12H2. The van der Waals surface area contributed by atoms with Crippen LogP contribution < -0.4 is 5.73 Å². The molecule has 0 radical (unpaired) electrons. The van der Waals surface area contributed by atoms with Crippen LogP contribution in [0.3, 0.4) is 0 Å². The molecule has 15 heavy (non-hydrogen) atoms. The average molecular weight is 209 g/mol. The van der Waals surface area contributed by atoms with E-state index in [9.17, 15) is 4.79 Å². The van der Waals surface area contributed by atoms with Crippen LogP contribution in [0.1, 0.15) is 5.56 Å². The Morgan fingerprint density at radius 2 is 2.00 bits per heavy atom. The Morgan fingerprint density at radius 1 is 1.33 bits per heavy atom. The van der Waals surface area contributed by atoms with Crippen LogP contribution in [-0.4, -0.2) is 30.6 Å². The Hall–Kier alpha value is -1.39. The third-order valence-corrected chi connectivity index (χ3v) is 1.86. The number of Topliss-reactive ketones (excluding diaryl/α,β-unsaturated/α-hetero) is 1. The molecule has 3 N–H and O–H groups in total. The molecular formula is C11H15NO3. The van der Waals surface area contributed by atoms with E-state index in [0.717, 1.165) is 5.56 Å². The SMILES string of the molecule is NCCOCC(=O)Cc1ccc(O)cc1. The summed E-state index contributed by atoms with van der Waals surface area (Å²) in [5.74, 6) is 0.208. The Bertz CT molecular complexity index is 308. The highest BCUT2D eigenvalue weighted by Crippen LogP contribution is 2.10. The third-order valence-electron chi connectivity index (χ3n) is 1.86. The highest BCUT2D eigenvalue weighted by molar-refractivity contribution is 5.82. The molecule has 0 unspecified atom stereocenters. The summed E-state index contributed by atoms with van der Waals surface area (Å²) in [6, 6.07) is 6.55. The molecule has 4 nitrogen and oxygen atoms in total. The summed E-state index contributed by atoms with van der Waals surface area (Å²) in [4.78, 5) is 11.3. The number of carbonyl (C=O) groups excluding carboxylic acids is 1. The van der Waals surface area contributed by atoms with E-state index in [1.807, 2.05) is 0 Å². The first kappa shape index (κ1) is 11.7. The first-order valence-electron chi connectivity index (χ1n) is 4.80. The lowest BCUT2D eigenvalue weighted by molar-refractivity contribution is -0.122. The van der Waals surface area contributed by atoms with Crippen molar-refractivity contribution >= 4 is 5.78 Å². The predicted octanol–water partition coefficient (Wildman–Crippen LogP) is 0.479. The zero-order chi connectivity index (χ0) is 11.1. The van der Waals surface area contributed by atoms with Crippen molar-refractivity contribution < 1.29 is 14.6 Å². The van der Waals surface area contributed by atoms with Crippen molar-refractivity contribution in [1.82, 2.24) is 0 Å². The van der Waals surface area contributed by atoms with E-state index in [1.54, 1.807) is 24.3 Å². The maximum Gasteiger partial charge on any atom is 0.162 e. The number of hydrogen-bond donors (Lipinski definition) is 2. The van der Waals surface area contributed by atoms with E-state index >= 15 is 0 Å². The number of rotatable bonds is 6. The maximum atomic E-state index is 11.3. The lowest BCUT2D eigenvalue weighted by Gasteiger charge is -2.02. The molecule has 1 rings (SSSR count). The van der Waals surface area contributed by atoms with Gasteiger partial charge in [0, 0.05) is 13.0 Å². The van der Waals surface area contributed by atoms with Gasteiger partial charge in [-0.05, 0) is 17.7 Å². The second-order valence-corrected chi connectivity index (χ2v) is 3.22. The van der Waals surface area contributed by atoms with Crippen LogP contribution in [0.25, 0.3) is 0 Å². The first-order chi connectivity index (χ1) is 7.22. The molecule has 1 aromatic carbocycles. The smallest absolute Gasteiger partial charge is 0.162 e. The minimum atomic E-state index is 0.00846. The highest BCUT2D eigenvalue weighted by atomic mass is 16.5. The molecule has 1 aromatic rings. The van der Waals surface area contributed by atoms with Gasteiger partial charge >= 0.3 is 0 Å². The van der Waals surface area contributed by atoms with Crippen LogP contribution in [0.5, 0.6) is 5.75 Å². The zero-order valence-corrected chi connectivity index (χ0v) is 8.48. The average Bonchev–Trinajstić information content (AvgIpc) is 2.22. The van der Waals surface area contributed by atoms with E-state index < -0.39 is 0 Å². The first-order valence-corrected chi connectivity index (χ1v) is 4.80. The van der Waals surface area contributed by atoms with Crippen LogP contribution in [-0.2, 0) is 16.0 Å². The fourth-order valence-corrected chi connectivity index (χ4v) is 1.16. The highest BCUT2D eigenvalue weighted by Gasteiger charge is 2.03. The molecule has 0 heterocycles. The second-order valence-electron chi connectivity index (χ2n) is 3.22. The monoisotopic (exact) mass is 209 g/mol. The van der Waals surface area contributed by atoms with E-state index in [1.165, 1.54) is 0 Å². The number of benzene rings is 1. The van der Waals surface area contributed by atoms with Crippen LogP contribution in [0.15, 0.2) is 24.3 Å². The van der Waals surface area contributed by atoms with Gasteiger partial charge in [-0.15, -0.1) is 0 Å². The van der Waals surface area contributed by atoms with Crippen LogP contribution in [0, 0.1) is 0 Å². The van der Waals surface area contributed by atoms with Gasteiger partial charge < -0.3 is 15.6 Å². The molecule has 0 atom stereocenters. The molecule has 0 saturated carbocycles. The Kier molecular flexibility index (Phi) is 4.80. The fourth-order valence-electron chi connectivity index (χ4n) is 1.16. The predicted molar refractivity (Wildman–Crippen MR) is 56.7 cm³/mol. The number of nitrogens with two attached hydrogens (primary N) is 1. The van der Waals surface area contributed by atoms with E-state index in [0.29, 0.717) is 19.6 Å². The van der Waals surface area contributed by atoms with Crippen LogP contribution in [0.4, 0.5) is 0 Å². The van der Waals surface area contributed by atoms with Gasteiger partial charge in [-0.2, -0.15) is 0 Å². The lowest BCUT2D eigenvalue weighted by Crippen LogP contribution is -2.16. The molecule has 0 bridgehead atoms. The minimum Gasteiger partial charge on any atom is -0.508 e. The van der Waals surface area contributed by atoms with Crippen molar-refractivity contribution in [3.05, 3.63) is 29.8 Å². The Balaban J connectivity index is 2.34. The normalized spacial score (nSPS) is 10.2. The van der Waals surface area contributed by atoms with E-state index in [4.69, 9.17) is 15.6 Å². The molecule has 82 valence electrons. The molecule has 0 aromatic heterocycles. The summed E-state index contributed by atoms with van der Waals surface area (Å²) in [6.45, 7) is 0.923. The Morgan fingerprint density at radius 3 is 2.60 bits per heavy atom. The van der Waals surface area contributed by atoms with Crippen LogP contribution >= 0.6 is 0 Å². The number of aromatic hydroxyl groups is 1. The molecule has 0 aliphatic carbocycles. The summed E-state index contributed by atoms with van der Waals surface area (Å²) < 4.78 is 5.02. The summed E-state index contributed by atoms with van der Waals surface area (Å²) >= 11 is 0. The third kappa shape index (κ3) is 4.58. The molecule has 0 aliphatic rings. The van der Waals surface area contributed by atoms with Crippen molar-refractivity contribution in [2.45, 2.75) is 6.42 Å². The zero-order valence-electron chi connectivity index (χ0n) is 8.48. The van der Waals surface area contributed by atoms with Gasteiger partial charge in [-0.3, -0.25) is 4.79 Å². The topological polar surface area (TPSA) is 72.5 Å². The van der Waals surface area contributed by atoms with Gasteiger partial charge in [0.2, 0.25) is 0 Å². The number of hydrogen-bond acceptors (Lipinski definition) is 4. The molecular weight excluding hydrogens is 194 g/mol. The quantitative estimate of drug-likeness (QED) is 0.668. The van der Waals surface area contributed by atoms with Crippen molar-refractivity contribution in [2.75, 3.05) is 19.8 Å². The molecule has 0 fully saturated rings. The summed E-state index contributed by atoms with van der Waals surface area (Å²) in [6.07, 6.45) is 0.324. The number of ketones is 1. The second kappa shape index (κ2) is 6.16. The molecule has 0 spiro atoms. The molecule has 0 saturated heterocycles. The van der Waals surface area contributed by atoms with Gasteiger partial charge in [0.25, 0.3) is 0 Å². The summed E-state index contributed by atoms with van der Waals surface area (Å²) in [5.41, 5.74) is 6.09. The minimum absolute atomic E-state index is 0.00846. The van der Waals surface area contributed by atoms with Crippen molar-refractivity contribution in [1.29, 1.82) is 0 Å². The van der Waals surface area contributed by atoms with Crippen LogP contribution in [0.2, 0.25) is 0 Å². The van der Waals surface area contributed by atoms with E-state index in [-0.39, 0.29) is 18.1 Å². The van der Waals surface area contributed by atoms with Crippen molar-refractivity contribution in [3.63, 3.8) is 0 Å². The molecule has 0 aliphatic heterocycles. The summed E-state index contributed by atoms with van der Waals surface area (Å²) in [7, 11) is 0. The lowest BCUT2D eigenvalue weighted by atomic mass is 10.1. The van der Waals surface area contributed by atoms with Gasteiger partial charge in [0.15, 0.2) is 5.78 Å². The molecule has 4 heteroatoms. The number of ether oxygens (including phenoxy) is 1. The fraction of sp³-hybridized carbons (Fsp3) is 0.364. The Labute approximate surface area is 88.7 Å². The van der Waals surface area contributed by atoms with Gasteiger partial charge in [-0.1, -0.05) is 12.1 Å². The number of phenols is 1. The van der Waals surface area contributed by atoms with Crippen molar-refractivity contribution in [3.8, 4) is 5.75 Å². The molecule has 0 amide bonds. The maximum absolute atomic E-state index is 11.3. The van der Waals surface area contributed by atoms with Crippen molar-refractivity contribution in [2.24, 2.45) is 5.73 Å². The van der Waals surface area contributed by atoms with E-state index in [2.05, 4.69) is 0 Å². The summed E-state index contributed by atoms with van der Waals surface area (Å²) in [5, 5.41) is 9.04. The van der Waals surface area contributed by atoms with Gasteiger partial charge in [0.1, 0.15) is 12.4 Å². The largest absolute Gasteiger partial charge is 0.508 e. The number of carbonyl (C=O) groups is 1. The van der Waals surface area contributed by atoms with Gasteiger partial charge in [-0.25, -0.2) is 0 Å². The van der Waals surface area contributed by atoms with Gasteiger partial charge in [0.05, 0.1) is 6.61 Å².